The molecule has 0 saturated heterocycles. The zero-order chi connectivity index (χ0) is 9.72. The Bertz CT molecular complexity index is 180. The Morgan fingerprint density at radius 1 is 1.33 bits per heavy atom. The van der Waals surface area contributed by atoms with E-state index in [1.165, 1.54) is 0 Å². The Balaban J connectivity index is 4.28. The van der Waals surface area contributed by atoms with E-state index in [2.05, 4.69) is 0 Å². The topological polar surface area (TPSA) is 101 Å². The number of hydrogen-bond donors (Lipinski definition) is 3. The first-order valence-electron chi connectivity index (χ1n) is 3.71. The predicted molar refractivity (Wildman–Crippen MR) is 41.6 cm³/mol. The maximum atomic E-state index is 10.5. The van der Waals surface area contributed by atoms with E-state index in [1.54, 1.807) is 6.92 Å². The summed E-state index contributed by atoms with van der Waals surface area (Å²) in [4.78, 5) is 20.8. The van der Waals surface area contributed by atoms with Crippen LogP contribution in [0, 0.1) is 5.92 Å². The molecule has 0 spiro atoms. The molecule has 0 amide bonds. The van der Waals surface area contributed by atoms with Crippen LogP contribution in [0.4, 0.5) is 0 Å². The lowest BCUT2D eigenvalue weighted by molar-refractivity contribution is -0.150. The Morgan fingerprint density at radius 2 is 1.83 bits per heavy atom. The summed E-state index contributed by atoms with van der Waals surface area (Å²) in [6.07, 6.45) is 0.904. The minimum Gasteiger partial charge on any atom is -0.481 e. The molecule has 0 bridgehead atoms. The summed E-state index contributed by atoms with van der Waals surface area (Å²) in [5.41, 5.74) is 5.17. The van der Waals surface area contributed by atoms with Gasteiger partial charge in [-0.05, 0) is 6.42 Å². The van der Waals surface area contributed by atoms with Crippen molar-refractivity contribution in [3.63, 3.8) is 0 Å². The van der Waals surface area contributed by atoms with Gasteiger partial charge in [0.25, 0.3) is 0 Å². The van der Waals surface area contributed by atoms with Gasteiger partial charge in [0, 0.05) is 0 Å². The molecule has 0 aliphatic carbocycles. The molecule has 2 atom stereocenters. The van der Waals surface area contributed by atoms with Crippen LogP contribution >= 0.6 is 0 Å². The number of nitrogens with two attached hydrogens (primary N) is 1. The van der Waals surface area contributed by atoms with Crippen LogP contribution in [-0.2, 0) is 9.59 Å². The van der Waals surface area contributed by atoms with Gasteiger partial charge in [-0.15, -0.1) is 0 Å². The second-order valence-corrected chi connectivity index (χ2v) is 2.60. The van der Waals surface area contributed by atoms with E-state index in [0.717, 1.165) is 0 Å². The van der Waals surface area contributed by atoms with Crippen LogP contribution in [-0.4, -0.2) is 28.2 Å². The smallest absolute Gasteiger partial charge is 0.321 e. The number of hydrogen-bond acceptors (Lipinski definition) is 3. The third-order valence-electron chi connectivity index (χ3n) is 1.64. The SMILES string of the molecule is CCCC(C(=O)O)C(N)C(=O)O. The van der Waals surface area contributed by atoms with Crippen molar-refractivity contribution in [3.05, 3.63) is 0 Å². The van der Waals surface area contributed by atoms with Gasteiger partial charge in [0.15, 0.2) is 0 Å². The molecule has 5 nitrogen and oxygen atoms in total. The second kappa shape index (κ2) is 4.71. The average Bonchev–Trinajstić information content (AvgIpc) is 1.98. The van der Waals surface area contributed by atoms with E-state index in [1.807, 2.05) is 0 Å². The summed E-state index contributed by atoms with van der Waals surface area (Å²) < 4.78 is 0. The van der Waals surface area contributed by atoms with Crippen molar-refractivity contribution in [2.45, 2.75) is 25.8 Å². The monoisotopic (exact) mass is 175 g/mol. The van der Waals surface area contributed by atoms with Crippen molar-refractivity contribution in [1.82, 2.24) is 0 Å². The quantitative estimate of drug-likeness (QED) is 0.541. The summed E-state index contributed by atoms with van der Waals surface area (Å²) in [6, 6.07) is -1.30. The normalized spacial score (nSPS) is 15.2. The van der Waals surface area contributed by atoms with Crippen molar-refractivity contribution >= 4 is 11.9 Å². The molecule has 0 heterocycles. The lowest BCUT2D eigenvalue weighted by Gasteiger charge is -2.14. The van der Waals surface area contributed by atoms with Crippen LogP contribution in [0.1, 0.15) is 19.8 Å². The van der Waals surface area contributed by atoms with Crippen molar-refractivity contribution in [2.24, 2.45) is 11.7 Å². The molecule has 0 aromatic carbocycles. The van der Waals surface area contributed by atoms with Crippen LogP contribution in [0.2, 0.25) is 0 Å². The van der Waals surface area contributed by atoms with Crippen LogP contribution in [0.15, 0.2) is 0 Å². The zero-order valence-electron chi connectivity index (χ0n) is 6.86. The highest BCUT2D eigenvalue weighted by atomic mass is 16.4. The highest BCUT2D eigenvalue weighted by Crippen LogP contribution is 2.10. The largest absolute Gasteiger partial charge is 0.481 e. The van der Waals surface area contributed by atoms with Gasteiger partial charge in [-0.1, -0.05) is 13.3 Å². The maximum absolute atomic E-state index is 10.5. The molecule has 2 unspecified atom stereocenters. The molecular weight excluding hydrogens is 162 g/mol. The first kappa shape index (κ1) is 10.9. The molecule has 0 aromatic heterocycles. The number of carboxylic acids is 2. The van der Waals surface area contributed by atoms with Crippen molar-refractivity contribution in [1.29, 1.82) is 0 Å². The molecule has 0 aromatic rings. The third-order valence-corrected chi connectivity index (χ3v) is 1.64. The van der Waals surface area contributed by atoms with Crippen LogP contribution in [0.5, 0.6) is 0 Å². The van der Waals surface area contributed by atoms with Crippen LogP contribution < -0.4 is 5.73 Å². The van der Waals surface area contributed by atoms with Crippen molar-refractivity contribution < 1.29 is 19.8 Å². The fraction of sp³-hybridized carbons (Fsp3) is 0.714. The average molecular weight is 175 g/mol. The highest BCUT2D eigenvalue weighted by molar-refractivity contribution is 5.82. The first-order chi connectivity index (χ1) is 5.50. The summed E-state index contributed by atoms with van der Waals surface area (Å²) >= 11 is 0. The second-order valence-electron chi connectivity index (χ2n) is 2.60. The number of carbonyl (C=O) groups is 2. The number of aliphatic carboxylic acids is 2. The van der Waals surface area contributed by atoms with E-state index >= 15 is 0 Å². The van der Waals surface area contributed by atoms with E-state index in [4.69, 9.17) is 15.9 Å². The Kier molecular flexibility index (Phi) is 4.28. The minimum atomic E-state index is -1.30. The van der Waals surface area contributed by atoms with E-state index in [0.29, 0.717) is 12.8 Å². The third kappa shape index (κ3) is 2.87. The zero-order valence-corrected chi connectivity index (χ0v) is 6.86. The van der Waals surface area contributed by atoms with Gasteiger partial charge >= 0.3 is 11.9 Å². The molecule has 70 valence electrons. The van der Waals surface area contributed by atoms with Gasteiger partial charge in [-0.3, -0.25) is 9.59 Å². The number of rotatable bonds is 5. The minimum absolute atomic E-state index is 0.294. The summed E-state index contributed by atoms with van der Waals surface area (Å²) in [6.45, 7) is 1.78. The molecular formula is C7H13NO4. The standard InChI is InChI=1S/C7H13NO4/c1-2-3-4(6(9)10)5(8)7(11)12/h4-5H,2-3,8H2,1H3,(H,9,10)(H,11,12). The summed E-state index contributed by atoms with van der Waals surface area (Å²) in [5, 5.41) is 17.0. The van der Waals surface area contributed by atoms with Crippen molar-refractivity contribution in [3.8, 4) is 0 Å². The molecule has 0 fully saturated rings. The van der Waals surface area contributed by atoms with Crippen LogP contribution in [0.25, 0.3) is 0 Å². The summed E-state index contributed by atoms with van der Waals surface area (Å²) in [7, 11) is 0. The molecule has 0 rings (SSSR count). The molecule has 0 aliphatic rings. The Labute approximate surface area is 70.2 Å². The molecule has 0 radical (unpaired) electrons. The lowest BCUT2D eigenvalue weighted by atomic mass is 9.96. The molecule has 0 aliphatic heterocycles. The number of carboxylic acid groups (broad SMARTS) is 2. The fourth-order valence-electron chi connectivity index (χ4n) is 0.940. The van der Waals surface area contributed by atoms with Gasteiger partial charge in [-0.25, -0.2) is 0 Å². The van der Waals surface area contributed by atoms with Crippen molar-refractivity contribution in [2.75, 3.05) is 0 Å². The predicted octanol–water partition coefficient (Wildman–Crippen LogP) is -0.101. The van der Waals surface area contributed by atoms with Gasteiger partial charge in [0.2, 0.25) is 0 Å². The van der Waals surface area contributed by atoms with Gasteiger partial charge in [0.05, 0.1) is 5.92 Å². The lowest BCUT2D eigenvalue weighted by Crippen LogP contribution is -2.41. The highest BCUT2D eigenvalue weighted by Gasteiger charge is 2.29. The van der Waals surface area contributed by atoms with Gasteiger partial charge in [-0.2, -0.15) is 0 Å². The molecule has 0 saturated carbocycles. The van der Waals surface area contributed by atoms with E-state index < -0.39 is 23.9 Å². The fourth-order valence-corrected chi connectivity index (χ4v) is 0.940. The Morgan fingerprint density at radius 3 is 2.08 bits per heavy atom. The van der Waals surface area contributed by atoms with E-state index in [-0.39, 0.29) is 0 Å². The van der Waals surface area contributed by atoms with E-state index in [9.17, 15) is 9.59 Å². The Hall–Kier alpha value is -1.10. The summed E-state index contributed by atoms with van der Waals surface area (Å²) in [5.74, 6) is -3.39. The first-order valence-corrected chi connectivity index (χ1v) is 3.71. The molecule has 12 heavy (non-hydrogen) atoms. The molecule has 5 heteroatoms. The van der Waals surface area contributed by atoms with Crippen LogP contribution in [0.3, 0.4) is 0 Å². The van der Waals surface area contributed by atoms with Gasteiger partial charge in [0.1, 0.15) is 6.04 Å². The van der Waals surface area contributed by atoms with Gasteiger partial charge < -0.3 is 15.9 Å². The maximum Gasteiger partial charge on any atom is 0.321 e. The molecule has 4 N–H and O–H groups in total.